The molecule has 1 N–H and O–H groups in total. The van der Waals surface area contributed by atoms with Crippen LogP contribution in [0.4, 0.5) is 0 Å². The van der Waals surface area contributed by atoms with E-state index in [4.69, 9.17) is 0 Å². The summed E-state index contributed by atoms with van der Waals surface area (Å²) < 4.78 is 4.19. The highest BCUT2D eigenvalue weighted by atomic mass is 15.3. The number of hydrogen-bond acceptors (Lipinski definition) is 3. The van der Waals surface area contributed by atoms with E-state index >= 15 is 0 Å². The van der Waals surface area contributed by atoms with Crippen LogP contribution in [0.3, 0.4) is 0 Å². The molecule has 0 bridgehead atoms. The molecule has 0 spiro atoms. The van der Waals surface area contributed by atoms with Gasteiger partial charge >= 0.3 is 0 Å². The van der Waals surface area contributed by atoms with Gasteiger partial charge in [-0.1, -0.05) is 6.92 Å². The van der Waals surface area contributed by atoms with Crippen molar-refractivity contribution in [3.63, 3.8) is 0 Å². The van der Waals surface area contributed by atoms with Crippen LogP contribution in [0.1, 0.15) is 37.4 Å². The minimum Gasteiger partial charge on any atom is -0.331 e. The van der Waals surface area contributed by atoms with Crippen LogP contribution in [0.15, 0.2) is 18.6 Å². The molecule has 0 aliphatic carbocycles. The molecule has 20 heavy (non-hydrogen) atoms. The number of nitrogens with one attached hydrogen (secondary N) is 1. The van der Waals surface area contributed by atoms with Crippen LogP contribution in [0, 0.1) is 6.92 Å². The maximum Gasteiger partial charge on any atom is 0.0953 e. The number of nitrogens with zero attached hydrogens (tertiary/aromatic N) is 4. The van der Waals surface area contributed by atoms with E-state index in [1.165, 1.54) is 12.1 Å². The first kappa shape index (κ1) is 14.8. The smallest absolute Gasteiger partial charge is 0.0953 e. The SMILES string of the molecule is CCCNCCc1cn(Cc2cc(C)nn2CC)cn1. The summed E-state index contributed by atoms with van der Waals surface area (Å²) in [5, 5.41) is 7.88. The van der Waals surface area contributed by atoms with E-state index in [-0.39, 0.29) is 0 Å². The summed E-state index contributed by atoms with van der Waals surface area (Å²) in [6, 6.07) is 2.14. The maximum atomic E-state index is 4.48. The first-order chi connectivity index (χ1) is 9.72. The van der Waals surface area contributed by atoms with Gasteiger partial charge in [0.1, 0.15) is 0 Å². The quantitative estimate of drug-likeness (QED) is 0.750. The van der Waals surface area contributed by atoms with Crippen molar-refractivity contribution in [1.82, 2.24) is 24.6 Å². The Morgan fingerprint density at radius 3 is 2.85 bits per heavy atom. The molecular formula is C15H25N5. The van der Waals surface area contributed by atoms with E-state index in [0.717, 1.165) is 44.0 Å². The summed E-state index contributed by atoms with van der Waals surface area (Å²) >= 11 is 0. The molecular weight excluding hydrogens is 250 g/mol. The highest BCUT2D eigenvalue weighted by Gasteiger charge is 2.05. The monoisotopic (exact) mass is 275 g/mol. The first-order valence-corrected chi connectivity index (χ1v) is 7.47. The van der Waals surface area contributed by atoms with Crippen molar-refractivity contribution < 1.29 is 0 Å². The van der Waals surface area contributed by atoms with E-state index in [0.29, 0.717) is 0 Å². The molecule has 110 valence electrons. The highest BCUT2D eigenvalue weighted by molar-refractivity contribution is 5.10. The predicted octanol–water partition coefficient (Wildman–Crippen LogP) is 2.00. The molecule has 2 aromatic heterocycles. The molecule has 0 amide bonds. The first-order valence-electron chi connectivity index (χ1n) is 7.47. The highest BCUT2D eigenvalue weighted by Crippen LogP contribution is 2.07. The van der Waals surface area contributed by atoms with Crippen LogP contribution < -0.4 is 5.32 Å². The summed E-state index contributed by atoms with van der Waals surface area (Å²) in [5.74, 6) is 0. The van der Waals surface area contributed by atoms with Crippen LogP contribution >= 0.6 is 0 Å². The third-order valence-electron chi connectivity index (χ3n) is 3.30. The van der Waals surface area contributed by atoms with Gasteiger partial charge in [0.25, 0.3) is 0 Å². The summed E-state index contributed by atoms with van der Waals surface area (Å²) in [7, 11) is 0. The average Bonchev–Trinajstić information content (AvgIpc) is 3.02. The van der Waals surface area contributed by atoms with Crippen LogP contribution in [-0.2, 0) is 19.5 Å². The normalized spacial score (nSPS) is 11.2. The van der Waals surface area contributed by atoms with Gasteiger partial charge in [0.15, 0.2) is 0 Å². The minimum atomic E-state index is 0.837. The molecule has 2 rings (SSSR count). The Morgan fingerprint density at radius 1 is 1.25 bits per heavy atom. The Balaban J connectivity index is 1.91. The lowest BCUT2D eigenvalue weighted by Gasteiger charge is -2.05. The van der Waals surface area contributed by atoms with Crippen molar-refractivity contribution in [2.75, 3.05) is 13.1 Å². The summed E-state index contributed by atoms with van der Waals surface area (Å²) in [6.45, 7) is 10.2. The van der Waals surface area contributed by atoms with E-state index in [1.807, 2.05) is 13.3 Å². The zero-order valence-electron chi connectivity index (χ0n) is 12.8. The lowest BCUT2D eigenvalue weighted by molar-refractivity contribution is 0.597. The van der Waals surface area contributed by atoms with Gasteiger partial charge in [-0.2, -0.15) is 5.10 Å². The predicted molar refractivity (Wildman–Crippen MR) is 80.8 cm³/mol. The van der Waals surface area contributed by atoms with Crippen LogP contribution in [0.5, 0.6) is 0 Å². The Morgan fingerprint density at radius 2 is 2.10 bits per heavy atom. The third-order valence-corrected chi connectivity index (χ3v) is 3.30. The minimum absolute atomic E-state index is 0.837. The largest absolute Gasteiger partial charge is 0.331 e. The lowest BCUT2D eigenvalue weighted by atomic mass is 10.3. The van der Waals surface area contributed by atoms with Crippen molar-refractivity contribution in [3.05, 3.63) is 35.7 Å². The van der Waals surface area contributed by atoms with E-state index in [1.54, 1.807) is 0 Å². The zero-order chi connectivity index (χ0) is 14.4. The molecule has 0 fully saturated rings. The molecule has 0 aromatic carbocycles. The molecule has 2 heterocycles. The Hall–Kier alpha value is -1.62. The molecule has 0 radical (unpaired) electrons. The fourth-order valence-corrected chi connectivity index (χ4v) is 2.33. The second-order valence-corrected chi connectivity index (χ2v) is 5.13. The van der Waals surface area contributed by atoms with E-state index in [2.05, 4.69) is 50.8 Å². The second kappa shape index (κ2) is 7.24. The fourth-order valence-electron chi connectivity index (χ4n) is 2.33. The summed E-state index contributed by atoms with van der Waals surface area (Å²) in [4.78, 5) is 4.47. The van der Waals surface area contributed by atoms with Gasteiger partial charge in [0.2, 0.25) is 0 Å². The summed E-state index contributed by atoms with van der Waals surface area (Å²) in [6.07, 6.45) is 6.21. The third kappa shape index (κ3) is 3.93. The number of aryl methyl sites for hydroxylation is 2. The number of imidazole rings is 1. The van der Waals surface area contributed by atoms with Gasteiger partial charge in [-0.15, -0.1) is 0 Å². The van der Waals surface area contributed by atoms with Gasteiger partial charge in [-0.3, -0.25) is 4.68 Å². The van der Waals surface area contributed by atoms with Crippen molar-refractivity contribution >= 4 is 0 Å². The van der Waals surface area contributed by atoms with Crippen LogP contribution in [0.25, 0.3) is 0 Å². The Kier molecular flexibility index (Phi) is 5.35. The molecule has 5 heteroatoms. The molecule has 0 aliphatic heterocycles. The van der Waals surface area contributed by atoms with Crippen LogP contribution in [-0.4, -0.2) is 32.4 Å². The Bertz CT molecular complexity index is 526. The van der Waals surface area contributed by atoms with Crippen molar-refractivity contribution in [1.29, 1.82) is 0 Å². The molecule has 0 atom stereocenters. The molecule has 0 aliphatic rings. The van der Waals surface area contributed by atoms with Crippen molar-refractivity contribution in [3.8, 4) is 0 Å². The standard InChI is InChI=1S/C15H25N5/c1-4-7-16-8-6-14-10-19(12-17-14)11-15-9-13(3)18-20(15)5-2/h9-10,12,16H,4-8,11H2,1-3H3. The van der Waals surface area contributed by atoms with Gasteiger partial charge in [0.05, 0.1) is 30.0 Å². The fraction of sp³-hybridized carbons (Fsp3) is 0.600. The van der Waals surface area contributed by atoms with Crippen molar-refractivity contribution in [2.45, 2.75) is 46.7 Å². The summed E-state index contributed by atoms with van der Waals surface area (Å²) in [5.41, 5.74) is 3.46. The van der Waals surface area contributed by atoms with Gasteiger partial charge in [-0.05, 0) is 32.9 Å². The molecule has 5 nitrogen and oxygen atoms in total. The average molecular weight is 275 g/mol. The topological polar surface area (TPSA) is 47.7 Å². The zero-order valence-corrected chi connectivity index (χ0v) is 12.8. The lowest BCUT2D eigenvalue weighted by Crippen LogP contribution is -2.17. The molecule has 0 saturated heterocycles. The number of rotatable bonds is 8. The van der Waals surface area contributed by atoms with E-state index < -0.39 is 0 Å². The molecule has 0 saturated carbocycles. The number of aromatic nitrogens is 4. The molecule has 0 unspecified atom stereocenters. The van der Waals surface area contributed by atoms with Crippen LogP contribution in [0.2, 0.25) is 0 Å². The maximum absolute atomic E-state index is 4.48. The number of hydrogen-bond donors (Lipinski definition) is 1. The molecule has 2 aromatic rings. The van der Waals surface area contributed by atoms with Gasteiger partial charge < -0.3 is 9.88 Å². The second-order valence-electron chi connectivity index (χ2n) is 5.13. The van der Waals surface area contributed by atoms with Crippen molar-refractivity contribution in [2.24, 2.45) is 0 Å². The van der Waals surface area contributed by atoms with E-state index in [9.17, 15) is 0 Å². The van der Waals surface area contributed by atoms with Gasteiger partial charge in [0, 0.05) is 25.7 Å². The Labute approximate surface area is 121 Å². The van der Waals surface area contributed by atoms with Gasteiger partial charge in [-0.25, -0.2) is 4.98 Å².